The molecule has 0 unspecified atom stereocenters. The topological polar surface area (TPSA) is 80.1 Å². The summed E-state index contributed by atoms with van der Waals surface area (Å²) in [6.07, 6.45) is 13.4. The van der Waals surface area contributed by atoms with Crippen LogP contribution >= 0.6 is 0 Å². The van der Waals surface area contributed by atoms with E-state index in [0.717, 1.165) is 36.4 Å². The minimum Gasteiger partial charge on any atom is -0.295 e. The number of aromatic amines is 1. The van der Waals surface area contributed by atoms with Crippen LogP contribution in [-0.2, 0) is 21.7 Å². The molecule has 0 saturated heterocycles. The highest BCUT2D eigenvalue weighted by atomic mass is 32.2. The molecule has 30 heavy (non-hydrogen) atoms. The largest absolute Gasteiger partial charge is 0.295 e. The fourth-order valence-electron chi connectivity index (χ4n) is 3.74. The van der Waals surface area contributed by atoms with E-state index in [4.69, 9.17) is 0 Å². The normalized spacial score (nSPS) is 12.8. The summed E-state index contributed by atoms with van der Waals surface area (Å²) in [4.78, 5) is 0. The first kappa shape index (κ1) is 24.9. The van der Waals surface area contributed by atoms with Crippen LogP contribution in [0.2, 0.25) is 0 Å². The quantitative estimate of drug-likeness (QED) is 0.366. The fraction of sp³-hybridized carbons (Fsp3) is 0.826. The summed E-state index contributed by atoms with van der Waals surface area (Å²) in [6.45, 7) is 8.68. The van der Waals surface area contributed by atoms with Crippen LogP contribution in [0.4, 0.5) is 0 Å². The molecule has 0 amide bonds. The molecule has 0 bridgehead atoms. The predicted octanol–water partition coefficient (Wildman–Crippen LogP) is 5.62. The molecule has 2 heterocycles. The van der Waals surface area contributed by atoms with Crippen LogP contribution in [0.5, 0.6) is 0 Å². The van der Waals surface area contributed by atoms with E-state index in [-0.39, 0.29) is 11.2 Å². The maximum absolute atomic E-state index is 12.3. The molecule has 2 aromatic rings. The van der Waals surface area contributed by atoms with E-state index in [0.29, 0.717) is 18.6 Å². The summed E-state index contributed by atoms with van der Waals surface area (Å²) in [5.41, 5.74) is 1.90. The minimum absolute atomic E-state index is 0.0103. The molecule has 0 aliphatic heterocycles. The maximum Gasteiger partial charge on any atom is 0.177 e. The molecule has 0 radical (unpaired) electrons. The van der Waals surface area contributed by atoms with Gasteiger partial charge in [0.1, 0.15) is 9.84 Å². The first-order chi connectivity index (χ1) is 14.2. The van der Waals surface area contributed by atoms with Crippen LogP contribution in [0, 0.1) is 0 Å². The summed E-state index contributed by atoms with van der Waals surface area (Å²) in [5.74, 6) is 1.34. The van der Waals surface area contributed by atoms with E-state index in [1.54, 1.807) is 0 Å². The van der Waals surface area contributed by atoms with Crippen molar-refractivity contribution in [3.8, 4) is 0 Å². The number of hydrogen-bond donors (Lipinski definition) is 1. The van der Waals surface area contributed by atoms with Gasteiger partial charge in [-0.15, -0.1) is 10.2 Å². The standard InChI is InChI=1S/C23H42N4O2S/c1-5-6-7-8-9-10-11-12-13-14-17-30(28,29)18-15-16-21-24-25-22-19-20(23(2,3)4)26-27(21)22/h19,26H,5-18H2,1-4H3. The van der Waals surface area contributed by atoms with Crippen LogP contribution in [0.3, 0.4) is 0 Å². The van der Waals surface area contributed by atoms with Gasteiger partial charge in [-0.2, -0.15) is 0 Å². The Kier molecular flexibility index (Phi) is 9.85. The monoisotopic (exact) mass is 438 g/mol. The lowest BCUT2D eigenvalue weighted by Gasteiger charge is -2.15. The number of nitrogens with zero attached hydrogens (tertiary/aromatic N) is 3. The summed E-state index contributed by atoms with van der Waals surface area (Å²) in [7, 11) is -2.98. The van der Waals surface area contributed by atoms with E-state index in [1.807, 2.05) is 10.6 Å². The molecule has 0 saturated carbocycles. The van der Waals surface area contributed by atoms with Crippen molar-refractivity contribution in [2.45, 2.75) is 110 Å². The molecule has 0 aliphatic rings. The van der Waals surface area contributed by atoms with Crippen LogP contribution < -0.4 is 0 Å². The van der Waals surface area contributed by atoms with Crippen molar-refractivity contribution in [1.29, 1.82) is 0 Å². The second-order valence-corrected chi connectivity index (χ2v) is 12.0. The average Bonchev–Trinajstić information content (AvgIpc) is 3.25. The van der Waals surface area contributed by atoms with Crippen LogP contribution in [0.1, 0.15) is 110 Å². The third-order valence-corrected chi connectivity index (χ3v) is 7.55. The summed E-state index contributed by atoms with van der Waals surface area (Å²) >= 11 is 0. The number of hydrogen-bond acceptors (Lipinski definition) is 4. The third-order valence-electron chi connectivity index (χ3n) is 5.73. The fourth-order valence-corrected chi connectivity index (χ4v) is 5.17. The molecule has 6 nitrogen and oxygen atoms in total. The lowest BCUT2D eigenvalue weighted by atomic mass is 9.93. The molecule has 0 fully saturated rings. The molecule has 7 heteroatoms. The number of fused-ring (bicyclic) bond motifs is 1. The number of aromatic nitrogens is 4. The van der Waals surface area contributed by atoms with Gasteiger partial charge in [-0.3, -0.25) is 5.10 Å². The van der Waals surface area contributed by atoms with Crippen molar-refractivity contribution < 1.29 is 8.42 Å². The van der Waals surface area contributed by atoms with Gasteiger partial charge in [0.25, 0.3) is 0 Å². The smallest absolute Gasteiger partial charge is 0.177 e. The van der Waals surface area contributed by atoms with Crippen molar-refractivity contribution in [1.82, 2.24) is 19.8 Å². The second-order valence-electron chi connectivity index (χ2n) is 9.67. The van der Waals surface area contributed by atoms with Crippen molar-refractivity contribution in [2.75, 3.05) is 11.5 Å². The molecular weight excluding hydrogens is 396 g/mol. The van der Waals surface area contributed by atoms with Gasteiger partial charge in [0.2, 0.25) is 0 Å². The van der Waals surface area contributed by atoms with E-state index in [1.165, 1.54) is 44.9 Å². The predicted molar refractivity (Wildman–Crippen MR) is 125 cm³/mol. The SMILES string of the molecule is CCCCCCCCCCCCS(=O)(=O)CCCc1nnc2cc(C(C)(C)C)[nH]n12. The molecule has 0 aliphatic carbocycles. The Bertz CT molecular complexity index is 846. The van der Waals surface area contributed by atoms with Gasteiger partial charge in [0, 0.05) is 23.6 Å². The maximum atomic E-state index is 12.3. The molecule has 2 rings (SSSR count). The highest BCUT2D eigenvalue weighted by Gasteiger charge is 2.19. The number of rotatable bonds is 15. The average molecular weight is 439 g/mol. The molecule has 2 aromatic heterocycles. The third kappa shape index (κ3) is 8.40. The summed E-state index contributed by atoms with van der Waals surface area (Å²) in [6, 6.07) is 2.01. The van der Waals surface area contributed by atoms with Crippen molar-refractivity contribution >= 4 is 15.5 Å². The number of unbranched alkanes of at least 4 members (excludes halogenated alkanes) is 9. The van der Waals surface area contributed by atoms with Crippen LogP contribution in [0.15, 0.2) is 6.07 Å². The Morgan fingerprint density at radius 1 is 0.867 bits per heavy atom. The van der Waals surface area contributed by atoms with Gasteiger partial charge in [-0.25, -0.2) is 12.9 Å². The van der Waals surface area contributed by atoms with E-state index >= 15 is 0 Å². The Labute approximate surface area is 183 Å². The van der Waals surface area contributed by atoms with Gasteiger partial charge in [-0.1, -0.05) is 85.5 Å². The Balaban J connectivity index is 1.62. The van der Waals surface area contributed by atoms with Crippen molar-refractivity contribution in [3.05, 3.63) is 17.6 Å². The Morgan fingerprint density at radius 3 is 2.03 bits per heavy atom. The first-order valence-corrected chi connectivity index (χ1v) is 13.7. The zero-order valence-corrected chi connectivity index (χ0v) is 20.4. The zero-order valence-electron chi connectivity index (χ0n) is 19.5. The molecule has 0 spiro atoms. The number of H-pyrrole nitrogens is 1. The van der Waals surface area contributed by atoms with E-state index in [2.05, 4.69) is 43.0 Å². The Hall–Kier alpha value is -1.37. The Morgan fingerprint density at radius 2 is 1.43 bits per heavy atom. The van der Waals surface area contributed by atoms with E-state index in [9.17, 15) is 8.42 Å². The molecule has 0 aromatic carbocycles. The highest BCUT2D eigenvalue weighted by Crippen LogP contribution is 2.22. The van der Waals surface area contributed by atoms with Gasteiger partial charge in [-0.05, 0) is 12.8 Å². The molecule has 1 N–H and O–H groups in total. The van der Waals surface area contributed by atoms with Crippen molar-refractivity contribution in [3.63, 3.8) is 0 Å². The van der Waals surface area contributed by atoms with Crippen molar-refractivity contribution in [2.24, 2.45) is 0 Å². The minimum atomic E-state index is -2.98. The van der Waals surface area contributed by atoms with Gasteiger partial charge in [0.05, 0.1) is 11.5 Å². The van der Waals surface area contributed by atoms with Gasteiger partial charge >= 0.3 is 0 Å². The summed E-state index contributed by atoms with van der Waals surface area (Å²) < 4.78 is 26.6. The molecule has 0 atom stereocenters. The highest BCUT2D eigenvalue weighted by molar-refractivity contribution is 7.91. The van der Waals surface area contributed by atoms with E-state index < -0.39 is 9.84 Å². The number of sulfone groups is 1. The van der Waals surface area contributed by atoms with Gasteiger partial charge in [0.15, 0.2) is 11.5 Å². The summed E-state index contributed by atoms with van der Waals surface area (Å²) in [5, 5.41) is 11.8. The molecular formula is C23H42N4O2S. The lowest BCUT2D eigenvalue weighted by molar-refractivity contribution is 0.556. The molecule has 172 valence electrons. The van der Waals surface area contributed by atoms with Gasteiger partial charge < -0.3 is 0 Å². The first-order valence-electron chi connectivity index (χ1n) is 11.9. The number of nitrogens with one attached hydrogen (secondary N) is 1. The van der Waals surface area contributed by atoms with Crippen LogP contribution in [0.25, 0.3) is 5.65 Å². The lowest BCUT2D eigenvalue weighted by Crippen LogP contribution is -2.13. The number of aryl methyl sites for hydroxylation is 1. The van der Waals surface area contributed by atoms with Crippen LogP contribution in [-0.4, -0.2) is 39.7 Å². The second kappa shape index (κ2) is 11.9. The zero-order chi connectivity index (χ0) is 22.0.